The summed E-state index contributed by atoms with van der Waals surface area (Å²) < 4.78 is 5.28. The Morgan fingerprint density at radius 1 is 1.52 bits per heavy atom. The number of benzene rings is 1. The lowest BCUT2D eigenvalue weighted by atomic mass is 9.99. The van der Waals surface area contributed by atoms with Crippen LogP contribution in [0.15, 0.2) is 18.2 Å². The van der Waals surface area contributed by atoms with Crippen LogP contribution in [0.3, 0.4) is 0 Å². The van der Waals surface area contributed by atoms with E-state index in [1.807, 2.05) is 13.8 Å². The molecule has 0 heterocycles. The standard InChI is InChI=1S/C14H20N2O5/c1-9(8-14(2,3)21-4)15-13(18)10-6-5-7-11(12(10)17)16(19)20/h5-7,9,17H,8H2,1-4H3,(H,15,18)/t9-/m0/s1. The van der Waals surface area contributed by atoms with Crippen molar-refractivity contribution in [1.29, 1.82) is 0 Å². The highest BCUT2D eigenvalue weighted by atomic mass is 16.6. The molecule has 116 valence electrons. The van der Waals surface area contributed by atoms with Gasteiger partial charge in [-0.3, -0.25) is 14.9 Å². The van der Waals surface area contributed by atoms with Crippen molar-refractivity contribution >= 4 is 11.6 Å². The second-order valence-corrected chi connectivity index (χ2v) is 5.47. The van der Waals surface area contributed by atoms with E-state index in [-0.39, 0.29) is 11.6 Å². The van der Waals surface area contributed by atoms with E-state index < -0.39 is 27.9 Å². The van der Waals surface area contributed by atoms with Crippen LogP contribution in [0.4, 0.5) is 5.69 Å². The van der Waals surface area contributed by atoms with Crippen molar-refractivity contribution in [3.05, 3.63) is 33.9 Å². The molecule has 0 saturated heterocycles. The number of methoxy groups -OCH3 is 1. The van der Waals surface area contributed by atoms with E-state index in [9.17, 15) is 20.0 Å². The van der Waals surface area contributed by atoms with E-state index in [0.717, 1.165) is 6.07 Å². The van der Waals surface area contributed by atoms with Crippen molar-refractivity contribution in [2.45, 2.75) is 38.8 Å². The zero-order chi connectivity index (χ0) is 16.2. The number of para-hydroxylation sites is 1. The average Bonchev–Trinajstić information content (AvgIpc) is 2.37. The highest BCUT2D eigenvalue weighted by Crippen LogP contribution is 2.29. The van der Waals surface area contributed by atoms with Gasteiger partial charge >= 0.3 is 5.69 Å². The molecule has 0 aliphatic carbocycles. The molecular formula is C14H20N2O5. The number of hydrogen-bond donors (Lipinski definition) is 2. The third-order valence-electron chi connectivity index (χ3n) is 3.18. The molecular weight excluding hydrogens is 276 g/mol. The van der Waals surface area contributed by atoms with Crippen molar-refractivity contribution in [2.24, 2.45) is 0 Å². The van der Waals surface area contributed by atoms with Crippen LogP contribution >= 0.6 is 0 Å². The minimum atomic E-state index is -0.733. The lowest BCUT2D eigenvalue weighted by Gasteiger charge is -2.27. The first-order chi connectivity index (χ1) is 9.68. The Morgan fingerprint density at radius 2 is 2.14 bits per heavy atom. The molecule has 0 fully saturated rings. The van der Waals surface area contributed by atoms with E-state index in [0.29, 0.717) is 6.42 Å². The second kappa shape index (κ2) is 6.53. The number of hydrogen-bond acceptors (Lipinski definition) is 5. The van der Waals surface area contributed by atoms with E-state index >= 15 is 0 Å². The maximum atomic E-state index is 12.1. The minimum absolute atomic E-state index is 0.119. The van der Waals surface area contributed by atoms with Gasteiger partial charge in [-0.15, -0.1) is 0 Å². The summed E-state index contributed by atoms with van der Waals surface area (Å²) in [5.74, 6) is -1.19. The van der Waals surface area contributed by atoms with E-state index in [1.165, 1.54) is 12.1 Å². The van der Waals surface area contributed by atoms with Gasteiger partial charge in [-0.1, -0.05) is 6.07 Å². The van der Waals surface area contributed by atoms with E-state index in [1.54, 1.807) is 14.0 Å². The lowest BCUT2D eigenvalue weighted by Crippen LogP contribution is -2.39. The number of amides is 1. The molecule has 0 bridgehead atoms. The average molecular weight is 296 g/mol. The van der Waals surface area contributed by atoms with Gasteiger partial charge in [-0.25, -0.2) is 0 Å². The molecule has 0 aromatic heterocycles. The topological polar surface area (TPSA) is 102 Å². The smallest absolute Gasteiger partial charge is 0.311 e. The highest BCUT2D eigenvalue weighted by molar-refractivity contribution is 5.98. The zero-order valence-corrected chi connectivity index (χ0v) is 12.5. The Bertz CT molecular complexity index is 542. The summed E-state index contributed by atoms with van der Waals surface area (Å²) in [7, 11) is 1.58. The monoisotopic (exact) mass is 296 g/mol. The van der Waals surface area contributed by atoms with E-state index in [4.69, 9.17) is 4.74 Å². The zero-order valence-electron chi connectivity index (χ0n) is 12.5. The molecule has 7 nitrogen and oxygen atoms in total. The summed E-state index contributed by atoms with van der Waals surface area (Å²) in [5, 5.41) is 23.2. The predicted octanol–water partition coefficient (Wildman–Crippen LogP) is 2.23. The number of carbonyl (C=O) groups is 1. The first-order valence-electron chi connectivity index (χ1n) is 6.50. The Hall–Kier alpha value is -2.15. The first kappa shape index (κ1) is 16.9. The Kier molecular flexibility index (Phi) is 5.26. The molecule has 1 rings (SSSR count). The van der Waals surface area contributed by atoms with Crippen molar-refractivity contribution in [2.75, 3.05) is 7.11 Å². The number of phenols is 1. The number of nitrogens with one attached hydrogen (secondary N) is 1. The summed E-state index contributed by atoms with van der Waals surface area (Å²) in [6, 6.07) is 3.62. The van der Waals surface area contributed by atoms with Gasteiger partial charge in [0.1, 0.15) is 0 Å². The molecule has 0 unspecified atom stereocenters. The summed E-state index contributed by atoms with van der Waals surface area (Å²) in [5.41, 5.74) is -1.02. The van der Waals surface area contributed by atoms with Gasteiger partial charge in [-0.2, -0.15) is 0 Å². The van der Waals surface area contributed by atoms with Crippen LogP contribution in [0.25, 0.3) is 0 Å². The Balaban J connectivity index is 2.86. The summed E-state index contributed by atoms with van der Waals surface area (Å²) in [6.45, 7) is 5.58. The maximum absolute atomic E-state index is 12.1. The third kappa shape index (κ3) is 4.42. The molecule has 1 atom stereocenters. The lowest BCUT2D eigenvalue weighted by molar-refractivity contribution is -0.385. The fourth-order valence-corrected chi connectivity index (χ4v) is 2.04. The highest BCUT2D eigenvalue weighted by Gasteiger charge is 2.24. The third-order valence-corrected chi connectivity index (χ3v) is 3.18. The molecule has 0 aliphatic heterocycles. The van der Waals surface area contributed by atoms with Gasteiger partial charge in [0.2, 0.25) is 5.75 Å². The molecule has 0 radical (unpaired) electrons. The first-order valence-corrected chi connectivity index (χ1v) is 6.50. The molecule has 0 spiro atoms. The van der Waals surface area contributed by atoms with Crippen LogP contribution in [0.1, 0.15) is 37.6 Å². The number of phenolic OH excluding ortho intramolecular Hbond substituents is 1. The number of nitrogens with zero attached hydrogens (tertiary/aromatic N) is 1. The molecule has 21 heavy (non-hydrogen) atoms. The van der Waals surface area contributed by atoms with Gasteiger partial charge in [0, 0.05) is 19.2 Å². The molecule has 0 aliphatic rings. The number of rotatable bonds is 6. The SMILES string of the molecule is COC(C)(C)C[C@H](C)NC(=O)c1cccc([N+](=O)[O-])c1O. The second-order valence-electron chi connectivity index (χ2n) is 5.47. The number of ether oxygens (including phenoxy) is 1. The van der Waals surface area contributed by atoms with Crippen LogP contribution < -0.4 is 5.32 Å². The number of carbonyl (C=O) groups excluding carboxylic acids is 1. The molecule has 1 aromatic carbocycles. The van der Waals surface area contributed by atoms with Gasteiger partial charge in [0.25, 0.3) is 5.91 Å². The normalized spacial score (nSPS) is 12.8. The van der Waals surface area contributed by atoms with Crippen LogP contribution in [0.2, 0.25) is 0 Å². The molecule has 0 saturated carbocycles. The van der Waals surface area contributed by atoms with Gasteiger partial charge in [0.05, 0.1) is 16.1 Å². The number of nitro benzene ring substituents is 1. The quantitative estimate of drug-likeness (QED) is 0.619. The largest absolute Gasteiger partial charge is 0.502 e. The molecule has 1 aromatic rings. The number of nitro groups is 1. The predicted molar refractivity (Wildman–Crippen MR) is 77.4 cm³/mol. The van der Waals surface area contributed by atoms with Crippen molar-refractivity contribution < 1.29 is 19.6 Å². The minimum Gasteiger partial charge on any atom is -0.502 e. The number of aromatic hydroxyl groups is 1. The fraction of sp³-hybridized carbons (Fsp3) is 0.500. The maximum Gasteiger partial charge on any atom is 0.311 e. The van der Waals surface area contributed by atoms with E-state index in [2.05, 4.69) is 5.32 Å². The summed E-state index contributed by atoms with van der Waals surface area (Å²) in [4.78, 5) is 22.1. The Labute approximate surface area is 123 Å². The van der Waals surface area contributed by atoms with Gasteiger partial charge in [-0.05, 0) is 33.3 Å². The van der Waals surface area contributed by atoms with Crippen LogP contribution in [0, 0.1) is 10.1 Å². The fourth-order valence-electron chi connectivity index (χ4n) is 2.04. The van der Waals surface area contributed by atoms with Crippen molar-refractivity contribution in [1.82, 2.24) is 5.32 Å². The van der Waals surface area contributed by atoms with Gasteiger partial charge in [0.15, 0.2) is 0 Å². The molecule has 2 N–H and O–H groups in total. The Morgan fingerprint density at radius 3 is 2.67 bits per heavy atom. The van der Waals surface area contributed by atoms with Crippen LogP contribution in [-0.2, 0) is 4.74 Å². The van der Waals surface area contributed by atoms with Crippen LogP contribution in [-0.4, -0.2) is 34.7 Å². The van der Waals surface area contributed by atoms with Crippen molar-refractivity contribution in [3.8, 4) is 5.75 Å². The summed E-state index contributed by atoms with van der Waals surface area (Å²) >= 11 is 0. The molecule has 1 amide bonds. The van der Waals surface area contributed by atoms with Gasteiger partial charge < -0.3 is 15.2 Å². The molecule has 7 heteroatoms. The summed E-state index contributed by atoms with van der Waals surface area (Å²) in [6.07, 6.45) is 0.560. The van der Waals surface area contributed by atoms with Crippen LogP contribution in [0.5, 0.6) is 5.75 Å². The van der Waals surface area contributed by atoms with Crippen molar-refractivity contribution in [3.63, 3.8) is 0 Å².